The van der Waals surface area contributed by atoms with Gasteiger partial charge >= 0.3 is 13.7 Å². The predicted molar refractivity (Wildman–Crippen MR) is 147 cm³/mol. The summed E-state index contributed by atoms with van der Waals surface area (Å²) in [6.07, 6.45) is 2.04. The summed E-state index contributed by atoms with van der Waals surface area (Å²) in [4.78, 5) is 25.4. The van der Waals surface area contributed by atoms with E-state index in [0.29, 0.717) is 28.8 Å². The lowest BCUT2D eigenvalue weighted by atomic mass is 10.2. The first-order chi connectivity index (χ1) is 19.1. The number of imidazole rings is 1. The minimum absolute atomic E-state index is 0.0806. The second-order valence-corrected chi connectivity index (χ2v) is 11.7. The molecule has 5 N–H and O–H groups in total. The van der Waals surface area contributed by atoms with Crippen molar-refractivity contribution in [3.05, 3.63) is 36.7 Å². The zero-order valence-corrected chi connectivity index (χ0v) is 23.3. The predicted octanol–water partition coefficient (Wildman–Crippen LogP) is 3.42. The molecule has 14 nitrogen and oxygen atoms in total. The molecule has 2 fully saturated rings. The highest BCUT2D eigenvalue weighted by Crippen LogP contribution is 2.46. The molecule has 0 radical (unpaired) electrons. The fourth-order valence-electron chi connectivity index (χ4n) is 4.13. The number of ether oxygens (including phenoxy) is 2. The molecule has 1 saturated heterocycles. The highest BCUT2D eigenvalue weighted by atomic mass is 31.2. The minimum Gasteiger partial charge on any atom is -0.462 e. The Morgan fingerprint density at radius 1 is 1.25 bits per heavy atom. The fraction of sp³-hybridized carbons (Fsp3) is 0.480. The molecule has 1 saturated carbocycles. The minimum atomic E-state index is -4.07. The van der Waals surface area contributed by atoms with E-state index in [1.54, 1.807) is 48.7 Å². The first-order valence-electron chi connectivity index (χ1n) is 13.1. The number of hydrogen-bond acceptors (Lipinski definition) is 12. The summed E-state index contributed by atoms with van der Waals surface area (Å²) in [5.74, 6) is 0.317. The molecule has 214 valence electrons. The second kappa shape index (κ2) is 11.5. The highest BCUT2D eigenvalue weighted by Gasteiger charge is 2.38. The van der Waals surface area contributed by atoms with Gasteiger partial charge in [-0.15, -0.1) is 0 Å². The average molecular weight is 573 g/mol. The van der Waals surface area contributed by atoms with Crippen molar-refractivity contribution in [1.29, 1.82) is 5.41 Å². The number of carbonyl (C=O) groups is 1. The summed E-state index contributed by atoms with van der Waals surface area (Å²) >= 11 is 0. The Kier molecular flexibility index (Phi) is 8.04. The largest absolute Gasteiger partial charge is 0.462 e. The molecule has 3 heterocycles. The molecule has 15 heteroatoms. The number of aromatic nitrogens is 4. The van der Waals surface area contributed by atoms with Gasteiger partial charge in [-0.1, -0.05) is 18.2 Å². The third-order valence-electron chi connectivity index (χ3n) is 6.13. The summed E-state index contributed by atoms with van der Waals surface area (Å²) in [6, 6.07) is 7.83. The summed E-state index contributed by atoms with van der Waals surface area (Å²) in [5.41, 5.74) is 7.17. The Labute approximate surface area is 231 Å². The van der Waals surface area contributed by atoms with Gasteiger partial charge in [-0.3, -0.25) is 13.9 Å². The average Bonchev–Trinajstić information content (AvgIpc) is 3.49. The van der Waals surface area contributed by atoms with Crippen LogP contribution in [0.1, 0.15) is 46.3 Å². The molecule has 4 atom stereocenters. The van der Waals surface area contributed by atoms with Gasteiger partial charge in [-0.05, 0) is 45.7 Å². The van der Waals surface area contributed by atoms with Crippen LogP contribution in [0.4, 0.5) is 11.8 Å². The first kappa shape index (κ1) is 28.0. The maximum atomic E-state index is 13.7. The van der Waals surface area contributed by atoms with Crippen LogP contribution in [0.5, 0.6) is 5.75 Å². The quantitative estimate of drug-likeness (QED) is 0.183. The molecule has 0 amide bonds. The summed E-state index contributed by atoms with van der Waals surface area (Å²) < 4.78 is 38.1. The SMILES string of the molecule is CC(C)OC(=O)[C@@H](C)N[P@](=O)(OC[C@@H]1CC(=N)[C@H](n2cnc3c(NC4CC4)nc(N)nc32)O1)Oc1ccccc1. The number of anilines is 2. The third kappa shape index (κ3) is 6.58. The van der Waals surface area contributed by atoms with Crippen molar-refractivity contribution in [2.24, 2.45) is 0 Å². The maximum absolute atomic E-state index is 13.7. The number of carbonyl (C=O) groups excluding carboxylic acids is 1. The van der Waals surface area contributed by atoms with E-state index >= 15 is 0 Å². The van der Waals surface area contributed by atoms with Crippen LogP contribution in [0.2, 0.25) is 0 Å². The van der Waals surface area contributed by atoms with Gasteiger partial charge in [0, 0.05) is 12.5 Å². The van der Waals surface area contributed by atoms with E-state index < -0.39 is 32.1 Å². The number of nitrogens with zero attached hydrogens (tertiary/aromatic N) is 4. The molecule has 1 aliphatic heterocycles. The number of nitrogen functional groups attached to an aromatic ring is 1. The number of esters is 1. The van der Waals surface area contributed by atoms with Crippen molar-refractivity contribution >= 4 is 42.4 Å². The number of para-hydroxylation sites is 1. The van der Waals surface area contributed by atoms with Gasteiger partial charge in [0.25, 0.3) is 0 Å². The summed E-state index contributed by atoms with van der Waals surface area (Å²) in [7, 11) is -4.07. The van der Waals surface area contributed by atoms with Crippen LogP contribution in [-0.4, -0.2) is 62.1 Å². The van der Waals surface area contributed by atoms with Gasteiger partial charge in [-0.2, -0.15) is 15.1 Å². The van der Waals surface area contributed by atoms with Crippen LogP contribution in [0.15, 0.2) is 36.7 Å². The van der Waals surface area contributed by atoms with Gasteiger partial charge in [0.15, 0.2) is 23.2 Å². The van der Waals surface area contributed by atoms with Crippen LogP contribution >= 0.6 is 7.75 Å². The third-order valence-corrected chi connectivity index (χ3v) is 7.78. The lowest BCUT2D eigenvalue weighted by molar-refractivity contribution is -0.149. The number of nitrogens with one attached hydrogen (secondary N) is 3. The summed E-state index contributed by atoms with van der Waals surface area (Å²) in [6.45, 7) is 4.77. The molecule has 3 aromatic rings. The van der Waals surface area contributed by atoms with Crippen molar-refractivity contribution in [3.8, 4) is 5.75 Å². The molecule has 0 bridgehead atoms. The Hall–Kier alpha value is -3.58. The standard InChI is InChI=1S/C25H33N8O6P/c1-14(2)37-24(34)15(3)32-40(35,39-17-7-5-4-6-8-17)36-12-18-11-19(26)23(38-18)33-13-28-20-21(29-16-9-10-16)30-25(27)31-22(20)33/h4-8,13-16,18,23,26H,9-12H2,1-3H3,(H,32,35)(H3,27,29,30,31)/t15-,18+,23-,40+/m1/s1. The van der Waals surface area contributed by atoms with E-state index in [1.807, 2.05) is 0 Å². The smallest absolute Gasteiger partial charge is 0.459 e. The number of nitrogens with two attached hydrogens (primary N) is 1. The first-order valence-corrected chi connectivity index (χ1v) is 14.6. The molecular weight excluding hydrogens is 539 g/mol. The van der Waals surface area contributed by atoms with Gasteiger partial charge in [0.05, 0.1) is 30.9 Å². The van der Waals surface area contributed by atoms with E-state index in [4.69, 9.17) is 29.7 Å². The Bertz CT molecular complexity index is 1430. The highest BCUT2D eigenvalue weighted by molar-refractivity contribution is 7.52. The van der Waals surface area contributed by atoms with Crippen molar-refractivity contribution in [3.63, 3.8) is 0 Å². The monoisotopic (exact) mass is 572 g/mol. The lowest BCUT2D eigenvalue weighted by Gasteiger charge is -2.24. The van der Waals surface area contributed by atoms with Crippen LogP contribution in [0.3, 0.4) is 0 Å². The van der Waals surface area contributed by atoms with Gasteiger partial charge in [-0.25, -0.2) is 9.55 Å². The molecule has 2 aliphatic rings. The topological polar surface area (TPSA) is 189 Å². The molecule has 1 aromatic carbocycles. The summed E-state index contributed by atoms with van der Waals surface area (Å²) in [5, 5.41) is 14.5. The zero-order valence-electron chi connectivity index (χ0n) is 22.4. The van der Waals surface area contributed by atoms with Crippen molar-refractivity contribution in [2.45, 2.75) is 70.6 Å². The molecule has 0 unspecified atom stereocenters. The number of rotatable bonds is 12. The van der Waals surface area contributed by atoms with Gasteiger partial charge < -0.3 is 30.5 Å². The number of fused-ring (bicyclic) bond motifs is 1. The molecular formula is C25H33N8O6P. The second-order valence-electron chi connectivity index (χ2n) is 10.0. The Morgan fingerprint density at radius 2 is 2.00 bits per heavy atom. The molecule has 1 aliphatic carbocycles. The molecule has 0 spiro atoms. The number of benzene rings is 1. The molecule has 5 rings (SSSR count). The van der Waals surface area contributed by atoms with Crippen LogP contribution in [0, 0.1) is 5.41 Å². The Balaban J connectivity index is 1.29. The van der Waals surface area contributed by atoms with E-state index in [2.05, 4.69) is 25.4 Å². The van der Waals surface area contributed by atoms with Crippen LogP contribution < -0.4 is 20.7 Å². The normalized spacial score (nSPS) is 21.4. The van der Waals surface area contributed by atoms with Crippen molar-refractivity contribution in [1.82, 2.24) is 24.6 Å². The lowest BCUT2D eigenvalue weighted by Crippen LogP contribution is -2.36. The molecule has 2 aromatic heterocycles. The number of hydrogen-bond donors (Lipinski definition) is 4. The van der Waals surface area contributed by atoms with Crippen LogP contribution in [0.25, 0.3) is 11.2 Å². The fourth-order valence-corrected chi connectivity index (χ4v) is 5.65. The Morgan fingerprint density at radius 3 is 2.70 bits per heavy atom. The van der Waals surface area contributed by atoms with Crippen molar-refractivity contribution < 1.29 is 27.9 Å². The van der Waals surface area contributed by atoms with Gasteiger partial charge in [0.1, 0.15) is 11.8 Å². The van der Waals surface area contributed by atoms with E-state index in [9.17, 15) is 9.36 Å². The molecule has 40 heavy (non-hydrogen) atoms. The zero-order chi connectivity index (χ0) is 28.4. The van der Waals surface area contributed by atoms with E-state index in [1.165, 1.54) is 13.3 Å². The van der Waals surface area contributed by atoms with Gasteiger partial charge in [0.2, 0.25) is 5.95 Å². The maximum Gasteiger partial charge on any atom is 0.459 e. The van der Waals surface area contributed by atoms with E-state index in [-0.39, 0.29) is 30.8 Å². The van der Waals surface area contributed by atoms with E-state index in [0.717, 1.165) is 12.8 Å². The van der Waals surface area contributed by atoms with Crippen molar-refractivity contribution in [2.75, 3.05) is 17.7 Å². The van der Waals surface area contributed by atoms with Crippen LogP contribution in [-0.2, 0) is 23.4 Å².